The summed E-state index contributed by atoms with van der Waals surface area (Å²) in [6, 6.07) is 9.91. The molecule has 0 radical (unpaired) electrons. The second-order valence-corrected chi connectivity index (χ2v) is 4.53. The summed E-state index contributed by atoms with van der Waals surface area (Å²) < 4.78 is 0. The maximum absolute atomic E-state index is 11.9. The minimum atomic E-state index is 0.110. The maximum Gasteiger partial charge on any atom is 0.233 e. The first-order valence-corrected chi connectivity index (χ1v) is 6.44. The lowest BCUT2D eigenvalue weighted by Crippen LogP contribution is -2.32. The van der Waals surface area contributed by atoms with Crippen molar-refractivity contribution in [1.29, 1.82) is 0 Å². The first kappa shape index (κ1) is 13.6. The Morgan fingerprint density at radius 3 is 2.29 bits per heavy atom. The van der Waals surface area contributed by atoms with E-state index in [9.17, 15) is 4.79 Å². The van der Waals surface area contributed by atoms with Gasteiger partial charge < -0.3 is 4.90 Å². The van der Waals surface area contributed by atoms with Crippen LogP contribution in [0.1, 0.15) is 0 Å². The van der Waals surface area contributed by atoms with E-state index in [1.54, 1.807) is 28.8 Å². The number of benzene rings is 1. The van der Waals surface area contributed by atoms with E-state index in [1.807, 2.05) is 30.3 Å². The van der Waals surface area contributed by atoms with E-state index in [4.69, 9.17) is 0 Å². The average Bonchev–Trinajstić information content (AvgIpc) is 2.37. The molecule has 0 aliphatic carbocycles. The number of hydrogen-bond acceptors (Lipinski definition) is 2. The summed E-state index contributed by atoms with van der Waals surface area (Å²) in [5, 5.41) is 0. The van der Waals surface area contributed by atoms with Gasteiger partial charge in [-0.25, -0.2) is 0 Å². The van der Waals surface area contributed by atoms with E-state index in [2.05, 4.69) is 13.2 Å². The molecule has 0 aromatic heterocycles. The molecule has 0 unspecified atom stereocenters. The standard InChI is InChI=1S/C14H17NOS/c1-3-10-15(11-4-2)14(16)12-17-13-8-6-5-7-9-13/h3-9H,1-2,10-12H2. The first-order chi connectivity index (χ1) is 8.27. The highest BCUT2D eigenvalue weighted by atomic mass is 32.2. The molecule has 0 fully saturated rings. The molecule has 0 aliphatic heterocycles. The zero-order chi connectivity index (χ0) is 12.5. The predicted octanol–water partition coefficient (Wildman–Crippen LogP) is 2.98. The van der Waals surface area contributed by atoms with Crippen molar-refractivity contribution in [1.82, 2.24) is 4.90 Å². The molecule has 0 bridgehead atoms. The van der Waals surface area contributed by atoms with Gasteiger partial charge in [0.25, 0.3) is 0 Å². The number of thioether (sulfide) groups is 1. The van der Waals surface area contributed by atoms with Gasteiger partial charge in [-0.3, -0.25) is 4.79 Å². The number of hydrogen-bond donors (Lipinski definition) is 0. The van der Waals surface area contributed by atoms with E-state index in [-0.39, 0.29) is 5.91 Å². The lowest BCUT2D eigenvalue weighted by atomic mass is 10.4. The van der Waals surface area contributed by atoms with Crippen LogP contribution < -0.4 is 0 Å². The van der Waals surface area contributed by atoms with Gasteiger partial charge in [0.15, 0.2) is 0 Å². The Balaban J connectivity index is 2.46. The Kier molecular flexibility index (Phi) is 6.18. The average molecular weight is 247 g/mol. The van der Waals surface area contributed by atoms with E-state index < -0.39 is 0 Å². The summed E-state index contributed by atoms with van der Waals surface area (Å²) in [5.41, 5.74) is 0. The third-order valence-electron chi connectivity index (χ3n) is 2.16. The molecule has 90 valence electrons. The summed E-state index contributed by atoms with van der Waals surface area (Å²) in [7, 11) is 0. The zero-order valence-corrected chi connectivity index (χ0v) is 10.7. The summed E-state index contributed by atoms with van der Waals surface area (Å²) >= 11 is 1.55. The van der Waals surface area contributed by atoms with Gasteiger partial charge in [0.1, 0.15) is 0 Å². The van der Waals surface area contributed by atoms with Crippen LogP contribution in [-0.4, -0.2) is 29.6 Å². The molecular weight excluding hydrogens is 230 g/mol. The molecule has 1 rings (SSSR count). The summed E-state index contributed by atoms with van der Waals surface area (Å²) in [4.78, 5) is 14.7. The zero-order valence-electron chi connectivity index (χ0n) is 9.84. The Morgan fingerprint density at radius 1 is 1.18 bits per heavy atom. The van der Waals surface area contributed by atoms with Gasteiger partial charge in [0, 0.05) is 18.0 Å². The van der Waals surface area contributed by atoms with Crippen molar-refractivity contribution in [2.24, 2.45) is 0 Å². The SMILES string of the molecule is C=CCN(CC=C)C(=O)CSc1ccccc1. The van der Waals surface area contributed by atoms with E-state index in [1.165, 1.54) is 0 Å². The van der Waals surface area contributed by atoms with E-state index >= 15 is 0 Å². The molecule has 0 spiro atoms. The molecule has 1 aromatic rings. The number of rotatable bonds is 7. The molecule has 0 saturated carbocycles. The third kappa shape index (κ3) is 4.91. The van der Waals surface area contributed by atoms with Crippen LogP contribution >= 0.6 is 11.8 Å². The first-order valence-electron chi connectivity index (χ1n) is 5.45. The Hall–Kier alpha value is -1.48. The minimum absolute atomic E-state index is 0.110. The fourth-order valence-corrected chi connectivity index (χ4v) is 2.17. The van der Waals surface area contributed by atoms with Crippen molar-refractivity contribution in [3.8, 4) is 0 Å². The predicted molar refractivity (Wildman–Crippen MR) is 74.1 cm³/mol. The van der Waals surface area contributed by atoms with Crippen molar-refractivity contribution in [3.63, 3.8) is 0 Å². The van der Waals surface area contributed by atoms with E-state index in [0.29, 0.717) is 18.8 Å². The second-order valence-electron chi connectivity index (χ2n) is 3.48. The normalized spacial score (nSPS) is 9.65. The van der Waals surface area contributed by atoms with Gasteiger partial charge in [0.2, 0.25) is 5.91 Å². The lowest BCUT2D eigenvalue weighted by Gasteiger charge is -2.18. The van der Waals surface area contributed by atoms with Gasteiger partial charge in [-0.05, 0) is 12.1 Å². The quantitative estimate of drug-likeness (QED) is 0.545. The van der Waals surface area contributed by atoms with Crippen molar-refractivity contribution in [2.75, 3.05) is 18.8 Å². The van der Waals surface area contributed by atoms with Gasteiger partial charge in [-0.15, -0.1) is 24.9 Å². The highest BCUT2D eigenvalue weighted by Crippen LogP contribution is 2.17. The van der Waals surface area contributed by atoms with Crippen LogP contribution in [0.5, 0.6) is 0 Å². The molecule has 2 nitrogen and oxygen atoms in total. The summed E-state index contributed by atoms with van der Waals surface area (Å²) in [6.07, 6.45) is 3.46. The molecule has 0 saturated heterocycles. The molecular formula is C14H17NOS. The van der Waals surface area contributed by atoms with Gasteiger partial charge in [-0.2, -0.15) is 0 Å². The summed E-state index contributed by atoms with van der Waals surface area (Å²) in [5.74, 6) is 0.560. The molecule has 1 amide bonds. The van der Waals surface area contributed by atoms with Crippen LogP contribution in [0.2, 0.25) is 0 Å². The highest BCUT2D eigenvalue weighted by Gasteiger charge is 2.10. The molecule has 0 atom stereocenters. The number of carbonyl (C=O) groups is 1. The van der Waals surface area contributed by atoms with Crippen LogP contribution in [0.4, 0.5) is 0 Å². The molecule has 3 heteroatoms. The van der Waals surface area contributed by atoms with E-state index in [0.717, 1.165) is 4.90 Å². The molecule has 0 aliphatic rings. The van der Waals surface area contributed by atoms with Crippen molar-refractivity contribution in [3.05, 3.63) is 55.6 Å². The summed E-state index contributed by atoms with van der Waals surface area (Å²) in [6.45, 7) is 8.44. The van der Waals surface area contributed by atoms with Crippen molar-refractivity contribution < 1.29 is 4.79 Å². The van der Waals surface area contributed by atoms with Crippen molar-refractivity contribution in [2.45, 2.75) is 4.90 Å². The van der Waals surface area contributed by atoms with Crippen LogP contribution in [0, 0.1) is 0 Å². The Bertz CT molecular complexity index is 365. The monoisotopic (exact) mass is 247 g/mol. The van der Waals surface area contributed by atoms with Crippen LogP contribution in [0.25, 0.3) is 0 Å². The molecule has 1 aromatic carbocycles. The largest absolute Gasteiger partial charge is 0.335 e. The van der Waals surface area contributed by atoms with Gasteiger partial charge in [0.05, 0.1) is 5.75 Å². The number of nitrogens with zero attached hydrogens (tertiary/aromatic N) is 1. The van der Waals surface area contributed by atoms with Crippen LogP contribution in [0.3, 0.4) is 0 Å². The maximum atomic E-state index is 11.9. The molecule has 17 heavy (non-hydrogen) atoms. The minimum Gasteiger partial charge on any atom is -0.335 e. The van der Waals surface area contributed by atoms with Crippen molar-refractivity contribution >= 4 is 17.7 Å². The lowest BCUT2D eigenvalue weighted by molar-refractivity contribution is -0.127. The number of amides is 1. The highest BCUT2D eigenvalue weighted by molar-refractivity contribution is 8.00. The Morgan fingerprint density at radius 2 is 1.76 bits per heavy atom. The van der Waals surface area contributed by atoms with Crippen LogP contribution in [-0.2, 0) is 4.79 Å². The molecule has 0 heterocycles. The topological polar surface area (TPSA) is 20.3 Å². The van der Waals surface area contributed by atoms with Crippen LogP contribution in [0.15, 0.2) is 60.5 Å². The fraction of sp³-hybridized carbons (Fsp3) is 0.214. The van der Waals surface area contributed by atoms with Gasteiger partial charge in [-0.1, -0.05) is 30.4 Å². The van der Waals surface area contributed by atoms with Gasteiger partial charge >= 0.3 is 0 Å². The number of carbonyl (C=O) groups excluding carboxylic acids is 1. The second kappa shape index (κ2) is 7.74. The Labute approximate surface area is 107 Å². The third-order valence-corrected chi connectivity index (χ3v) is 3.15. The molecule has 0 N–H and O–H groups in total. The smallest absolute Gasteiger partial charge is 0.233 e. The fourth-order valence-electron chi connectivity index (χ4n) is 1.34.